The number of hydrogen-bond donors (Lipinski definition) is 1. The Morgan fingerprint density at radius 3 is 2.42 bits per heavy atom. The summed E-state index contributed by atoms with van der Waals surface area (Å²) in [5.41, 5.74) is 0.959. The van der Waals surface area contributed by atoms with Crippen LogP contribution < -0.4 is 15.0 Å². The molecule has 1 fully saturated rings. The van der Waals surface area contributed by atoms with Crippen LogP contribution in [0.5, 0.6) is 5.75 Å². The predicted molar refractivity (Wildman–Crippen MR) is 128 cm³/mol. The molecule has 1 saturated heterocycles. The molecule has 1 aliphatic rings. The minimum Gasteiger partial charge on any atom is -0.492 e. The standard InChI is InChI=1S/C23H28ClN3O5S/c1-4-26(5-2)33(30,31)21-15-17(9-12-20(21)32-6-3)25-22(28)19-13-14-27(23(19)29)18-10-7-16(24)8-11-18/h7-12,15,19H,4-6,13-14H2,1-3H3,(H,25,28). The minimum absolute atomic E-state index is 0.0219. The van der Waals surface area contributed by atoms with Gasteiger partial charge in [-0.3, -0.25) is 9.59 Å². The number of carbonyl (C=O) groups excluding carboxylic acids is 2. The zero-order chi connectivity index (χ0) is 24.2. The molecule has 3 rings (SSSR count). The molecule has 1 atom stereocenters. The molecule has 1 aliphatic heterocycles. The van der Waals surface area contributed by atoms with Crippen LogP contribution in [-0.4, -0.2) is 50.8 Å². The number of carbonyl (C=O) groups is 2. The Morgan fingerprint density at radius 2 is 1.82 bits per heavy atom. The lowest BCUT2D eigenvalue weighted by atomic mass is 10.1. The topological polar surface area (TPSA) is 96.0 Å². The highest BCUT2D eigenvalue weighted by Gasteiger charge is 2.38. The molecule has 10 heteroatoms. The molecule has 0 saturated carbocycles. The Bertz CT molecular complexity index is 1120. The van der Waals surface area contributed by atoms with Crippen molar-refractivity contribution in [1.29, 1.82) is 0 Å². The summed E-state index contributed by atoms with van der Waals surface area (Å²) < 4.78 is 33.1. The second kappa shape index (κ2) is 10.5. The highest BCUT2D eigenvalue weighted by Crippen LogP contribution is 2.31. The van der Waals surface area contributed by atoms with Crippen molar-refractivity contribution in [2.24, 2.45) is 5.92 Å². The van der Waals surface area contributed by atoms with Crippen molar-refractivity contribution < 1.29 is 22.7 Å². The van der Waals surface area contributed by atoms with Gasteiger partial charge in [-0.05, 0) is 55.8 Å². The molecule has 2 aromatic rings. The van der Waals surface area contributed by atoms with E-state index in [9.17, 15) is 18.0 Å². The first-order chi connectivity index (χ1) is 15.7. The summed E-state index contributed by atoms with van der Waals surface area (Å²) in [4.78, 5) is 27.3. The van der Waals surface area contributed by atoms with Crippen LogP contribution in [0.4, 0.5) is 11.4 Å². The van der Waals surface area contributed by atoms with Gasteiger partial charge in [0.1, 0.15) is 16.6 Å². The number of amides is 2. The van der Waals surface area contributed by atoms with Crippen LogP contribution in [0.2, 0.25) is 5.02 Å². The maximum Gasteiger partial charge on any atom is 0.246 e. The summed E-state index contributed by atoms with van der Waals surface area (Å²) in [5.74, 6) is -1.44. The van der Waals surface area contributed by atoms with E-state index >= 15 is 0 Å². The first-order valence-corrected chi connectivity index (χ1v) is 12.7. The molecule has 2 amide bonds. The Morgan fingerprint density at radius 1 is 1.15 bits per heavy atom. The van der Waals surface area contributed by atoms with Gasteiger partial charge >= 0.3 is 0 Å². The predicted octanol–water partition coefficient (Wildman–Crippen LogP) is 3.76. The van der Waals surface area contributed by atoms with Crippen molar-refractivity contribution in [3.8, 4) is 5.75 Å². The van der Waals surface area contributed by atoms with E-state index in [1.165, 1.54) is 16.4 Å². The first kappa shape index (κ1) is 25.0. The summed E-state index contributed by atoms with van der Waals surface area (Å²) in [6.45, 7) is 6.58. The molecule has 1 heterocycles. The van der Waals surface area contributed by atoms with Gasteiger partial charge in [0.05, 0.1) is 6.61 Å². The molecule has 1 N–H and O–H groups in total. The summed E-state index contributed by atoms with van der Waals surface area (Å²) >= 11 is 5.92. The number of nitrogens with one attached hydrogen (secondary N) is 1. The molecular formula is C23H28ClN3O5S. The molecule has 0 aliphatic carbocycles. The molecule has 2 aromatic carbocycles. The van der Waals surface area contributed by atoms with Gasteiger partial charge in [0, 0.05) is 36.0 Å². The zero-order valence-electron chi connectivity index (χ0n) is 18.9. The third-order valence-corrected chi connectivity index (χ3v) is 7.82. The normalized spacial score (nSPS) is 16.3. The van der Waals surface area contributed by atoms with Crippen LogP contribution in [0.25, 0.3) is 0 Å². The van der Waals surface area contributed by atoms with E-state index in [-0.39, 0.29) is 22.2 Å². The molecule has 178 valence electrons. The molecule has 0 radical (unpaired) electrons. The molecule has 0 bridgehead atoms. The SMILES string of the molecule is CCOc1ccc(NC(=O)C2CCN(c3ccc(Cl)cc3)C2=O)cc1S(=O)(=O)N(CC)CC. The van der Waals surface area contributed by atoms with Crippen molar-refractivity contribution >= 4 is 44.8 Å². The monoisotopic (exact) mass is 493 g/mol. The van der Waals surface area contributed by atoms with Crippen LogP contribution in [0.15, 0.2) is 47.4 Å². The smallest absolute Gasteiger partial charge is 0.246 e. The summed E-state index contributed by atoms with van der Waals surface area (Å²) in [7, 11) is -3.82. The van der Waals surface area contributed by atoms with Gasteiger partial charge in [-0.1, -0.05) is 25.4 Å². The highest BCUT2D eigenvalue weighted by atomic mass is 35.5. The van der Waals surface area contributed by atoms with E-state index in [2.05, 4.69) is 5.32 Å². The zero-order valence-corrected chi connectivity index (χ0v) is 20.4. The summed E-state index contributed by atoms with van der Waals surface area (Å²) in [6.07, 6.45) is 0.356. The maximum atomic E-state index is 13.1. The van der Waals surface area contributed by atoms with E-state index in [0.717, 1.165) is 0 Å². The molecule has 8 nitrogen and oxygen atoms in total. The number of anilines is 2. The number of ether oxygens (including phenoxy) is 1. The van der Waals surface area contributed by atoms with Crippen LogP contribution in [0.1, 0.15) is 27.2 Å². The Hall–Kier alpha value is -2.62. The number of hydrogen-bond acceptors (Lipinski definition) is 5. The van der Waals surface area contributed by atoms with Crippen LogP contribution in [0.3, 0.4) is 0 Å². The van der Waals surface area contributed by atoms with Crippen molar-refractivity contribution in [3.05, 3.63) is 47.5 Å². The van der Waals surface area contributed by atoms with E-state index < -0.39 is 21.8 Å². The average Bonchev–Trinajstić information content (AvgIpc) is 3.17. The highest BCUT2D eigenvalue weighted by molar-refractivity contribution is 7.89. The third kappa shape index (κ3) is 5.31. The molecule has 33 heavy (non-hydrogen) atoms. The first-order valence-electron chi connectivity index (χ1n) is 10.9. The third-order valence-electron chi connectivity index (χ3n) is 5.49. The number of rotatable bonds is 9. The van der Waals surface area contributed by atoms with Gasteiger partial charge in [-0.25, -0.2) is 8.42 Å². The fraction of sp³-hybridized carbons (Fsp3) is 0.391. The molecular weight excluding hydrogens is 466 g/mol. The summed E-state index contributed by atoms with van der Waals surface area (Å²) in [6, 6.07) is 11.3. The van der Waals surface area contributed by atoms with Gasteiger partial charge in [-0.2, -0.15) is 4.31 Å². The minimum atomic E-state index is -3.82. The van der Waals surface area contributed by atoms with Crippen molar-refractivity contribution in [3.63, 3.8) is 0 Å². The number of nitrogens with zero attached hydrogens (tertiary/aromatic N) is 2. The Labute approximate surface area is 199 Å². The van der Waals surface area contributed by atoms with E-state index in [4.69, 9.17) is 16.3 Å². The molecule has 0 spiro atoms. The largest absolute Gasteiger partial charge is 0.492 e. The van der Waals surface area contributed by atoms with Gasteiger partial charge < -0.3 is 15.0 Å². The quantitative estimate of drug-likeness (QED) is 0.536. The Kier molecular flexibility index (Phi) is 7.99. The van der Waals surface area contributed by atoms with Crippen LogP contribution in [0, 0.1) is 5.92 Å². The lowest BCUT2D eigenvalue weighted by Crippen LogP contribution is -2.33. The second-order valence-electron chi connectivity index (χ2n) is 7.48. The van der Waals surface area contributed by atoms with E-state index in [0.29, 0.717) is 43.4 Å². The van der Waals surface area contributed by atoms with Gasteiger partial charge in [0.25, 0.3) is 0 Å². The number of benzene rings is 2. The number of sulfonamides is 1. The van der Waals surface area contributed by atoms with Crippen molar-refractivity contribution in [2.75, 3.05) is 36.5 Å². The molecule has 1 unspecified atom stereocenters. The van der Waals surface area contributed by atoms with Crippen LogP contribution in [-0.2, 0) is 19.6 Å². The van der Waals surface area contributed by atoms with Crippen molar-refractivity contribution in [1.82, 2.24) is 4.31 Å². The second-order valence-corrected chi connectivity index (χ2v) is 9.82. The van der Waals surface area contributed by atoms with Gasteiger partial charge in [0.2, 0.25) is 21.8 Å². The van der Waals surface area contributed by atoms with Gasteiger partial charge in [0.15, 0.2) is 0 Å². The van der Waals surface area contributed by atoms with Crippen molar-refractivity contribution in [2.45, 2.75) is 32.1 Å². The summed E-state index contributed by atoms with van der Waals surface area (Å²) in [5, 5.41) is 3.27. The van der Waals surface area contributed by atoms with Crippen LogP contribution >= 0.6 is 11.6 Å². The fourth-order valence-electron chi connectivity index (χ4n) is 3.79. The maximum absolute atomic E-state index is 13.1. The lowest BCUT2D eigenvalue weighted by Gasteiger charge is -2.21. The Balaban J connectivity index is 1.82. The molecule has 0 aromatic heterocycles. The lowest BCUT2D eigenvalue weighted by molar-refractivity contribution is -0.129. The van der Waals surface area contributed by atoms with E-state index in [1.54, 1.807) is 56.0 Å². The van der Waals surface area contributed by atoms with E-state index in [1.807, 2.05) is 0 Å². The van der Waals surface area contributed by atoms with Gasteiger partial charge in [-0.15, -0.1) is 0 Å². The number of halogens is 1. The fourth-order valence-corrected chi connectivity index (χ4v) is 5.54. The average molecular weight is 494 g/mol.